The fourth-order valence-electron chi connectivity index (χ4n) is 3.33. The number of fused-ring (bicyclic) bond motifs is 1. The van der Waals surface area contributed by atoms with Crippen LogP contribution in [0.5, 0.6) is 0 Å². The monoisotopic (exact) mass is 265 g/mol. The molecule has 6 nitrogen and oxygen atoms in total. The molecule has 0 bridgehead atoms. The van der Waals surface area contributed by atoms with Gasteiger partial charge in [-0.25, -0.2) is 0 Å². The Balaban J connectivity index is 1.60. The van der Waals surface area contributed by atoms with E-state index in [1.54, 1.807) is 0 Å². The van der Waals surface area contributed by atoms with Gasteiger partial charge in [-0.05, 0) is 25.2 Å². The van der Waals surface area contributed by atoms with Gasteiger partial charge < -0.3 is 15.5 Å². The number of amides is 3. The third kappa shape index (κ3) is 2.43. The summed E-state index contributed by atoms with van der Waals surface area (Å²) in [5.41, 5.74) is 0. The maximum Gasteiger partial charge on any atom is 0.245 e. The fraction of sp³-hybridized carbons (Fsp3) is 0.769. The number of piperidine rings is 2. The molecule has 6 heteroatoms. The predicted octanol–water partition coefficient (Wildman–Crippen LogP) is -0.608. The average Bonchev–Trinajstić information content (AvgIpc) is 2.84. The van der Waals surface area contributed by atoms with Gasteiger partial charge in [-0.15, -0.1) is 0 Å². The summed E-state index contributed by atoms with van der Waals surface area (Å²) < 4.78 is 0. The van der Waals surface area contributed by atoms with Crippen LogP contribution < -0.4 is 10.6 Å². The standard InChI is InChI=1S/C13H19N3O3/c17-11-3-1-8-7-16(6-5-9(8)14-11)13(19)10-2-4-12(18)15-10/h8-10H,1-7H2,(H,14,17)(H,15,18)/t8?,9?,10-/m1/s1. The normalized spacial score (nSPS) is 34.5. The van der Waals surface area contributed by atoms with Gasteiger partial charge in [0.1, 0.15) is 6.04 Å². The molecule has 3 saturated heterocycles. The lowest BCUT2D eigenvalue weighted by molar-refractivity contribution is -0.137. The summed E-state index contributed by atoms with van der Waals surface area (Å²) in [5, 5.41) is 5.74. The first-order chi connectivity index (χ1) is 9.13. The second kappa shape index (κ2) is 4.83. The van der Waals surface area contributed by atoms with Crippen molar-refractivity contribution in [2.24, 2.45) is 5.92 Å². The topological polar surface area (TPSA) is 78.5 Å². The molecular formula is C13H19N3O3. The molecule has 0 aromatic heterocycles. The number of carbonyl (C=O) groups excluding carboxylic acids is 3. The van der Waals surface area contributed by atoms with Gasteiger partial charge in [0.25, 0.3) is 0 Å². The Morgan fingerprint density at radius 3 is 2.53 bits per heavy atom. The SMILES string of the molecule is O=C1CCC2CN(C(=O)[C@H]3CCC(=O)N3)CCC2N1. The van der Waals surface area contributed by atoms with Gasteiger partial charge in [0.05, 0.1) is 0 Å². The van der Waals surface area contributed by atoms with Crippen LogP contribution in [0, 0.1) is 5.92 Å². The molecule has 3 heterocycles. The lowest BCUT2D eigenvalue weighted by Gasteiger charge is -2.42. The summed E-state index contributed by atoms with van der Waals surface area (Å²) in [6, 6.07) is -0.106. The molecule has 0 spiro atoms. The zero-order valence-corrected chi connectivity index (χ0v) is 10.9. The maximum atomic E-state index is 12.3. The third-order valence-electron chi connectivity index (χ3n) is 4.43. The van der Waals surface area contributed by atoms with E-state index in [2.05, 4.69) is 10.6 Å². The molecule has 3 aliphatic rings. The van der Waals surface area contributed by atoms with Crippen molar-refractivity contribution < 1.29 is 14.4 Å². The first-order valence-electron chi connectivity index (χ1n) is 7.01. The van der Waals surface area contributed by atoms with Crippen molar-refractivity contribution in [3.63, 3.8) is 0 Å². The molecule has 3 amide bonds. The molecule has 0 aliphatic carbocycles. The van der Waals surface area contributed by atoms with E-state index in [0.29, 0.717) is 38.3 Å². The fourth-order valence-corrected chi connectivity index (χ4v) is 3.33. The Labute approximate surface area is 111 Å². The molecule has 0 aromatic rings. The average molecular weight is 265 g/mol. The first-order valence-corrected chi connectivity index (χ1v) is 7.01. The molecule has 0 radical (unpaired) electrons. The van der Waals surface area contributed by atoms with Gasteiger partial charge in [0, 0.05) is 32.0 Å². The Hall–Kier alpha value is -1.59. The van der Waals surface area contributed by atoms with E-state index in [0.717, 1.165) is 12.8 Å². The Kier molecular flexibility index (Phi) is 3.16. The van der Waals surface area contributed by atoms with Crippen molar-refractivity contribution in [3.8, 4) is 0 Å². The number of hydrogen-bond acceptors (Lipinski definition) is 3. The van der Waals surface area contributed by atoms with Crippen LogP contribution >= 0.6 is 0 Å². The number of carbonyl (C=O) groups is 3. The second-order valence-electron chi connectivity index (χ2n) is 5.70. The van der Waals surface area contributed by atoms with Crippen LogP contribution in [0.25, 0.3) is 0 Å². The van der Waals surface area contributed by atoms with Crippen molar-refractivity contribution in [3.05, 3.63) is 0 Å². The molecule has 3 fully saturated rings. The number of hydrogen-bond donors (Lipinski definition) is 2. The number of nitrogens with one attached hydrogen (secondary N) is 2. The van der Waals surface area contributed by atoms with Gasteiger partial charge in [-0.1, -0.05) is 0 Å². The van der Waals surface area contributed by atoms with Crippen LogP contribution in [0.3, 0.4) is 0 Å². The van der Waals surface area contributed by atoms with Crippen LogP contribution in [0.15, 0.2) is 0 Å². The molecular weight excluding hydrogens is 246 g/mol. The highest BCUT2D eigenvalue weighted by Crippen LogP contribution is 2.26. The Bertz CT molecular complexity index is 423. The Morgan fingerprint density at radius 2 is 1.79 bits per heavy atom. The zero-order valence-electron chi connectivity index (χ0n) is 10.9. The molecule has 2 unspecified atom stereocenters. The van der Waals surface area contributed by atoms with E-state index in [4.69, 9.17) is 0 Å². The minimum atomic E-state index is -0.331. The van der Waals surface area contributed by atoms with E-state index in [-0.39, 0.29) is 29.8 Å². The molecule has 3 rings (SSSR count). The quantitative estimate of drug-likeness (QED) is 0.664. The summed E-state index contributed by atoms with van der Waals surface area (Å²) in [5.74, 6) is 0.510. The lowest BCUT2D eigenvalue weighted by Crippen LogP contribution is -2.57. The smallest absolute Gasteiger partial charge is 0.245 e. The van der Waals surface area contributed by atoms with Gasteiger partial charge in [0.15, 0.2) is 0 Å². The minimum absolute atomic E-state index is 0.0295. The Morgan fingerprint density at radius 1 is 1.05 bits per heavy atom. The van der Waals surface area contributed by atoms with Gasteiger partial charge in [-0.3, -0.25) is 14.4 Å². The number of nitrogens with zero attached hydrogens (tertiary/aromatic N) is 1. The van der Waals surface area contributed by atoms with Gasteiger partial charge in [0.2, 0.25) is 17.7 Å². The van der Waals surface area contributed by atoms with Crippen LogP contribution in [0.4, 0.5) is 0 Å². The van der Waals surface area contributed by atoms with Crippen molar-refractivity contribution in [1.82, 2.24) is 15.5 Å². The highest BCUT2D eigenvalue weighted by molar-refractivity contribution is 5.90. The van der Waals surface area contributed by atoms with Crippen LogP contribution in [-0.2, 0) is 14.4 Å². The molecule has 0 aromatic carbocycles. The number of rotatable bonds is 1. The van der Waals surface area contributed by atoms with Crippen molar-refractivity contribution >= 4 is 17.7 Å². The highest BCUT2D eigenvalue weighted by Gasteiger charge is 2.38. The van der Waals surface area contributed by atoms with E-state index >= 15 is 0 Å². The maximum absolute atomic E-state index is 12.3. The van der Waals surface area contributed by atoms with Gasteiger partial charge >= 0.3 is 0 Å². The molecule has 104 valence electrons. The summed E-state index contributed by atoms with van der Waals surface area (Å²) in [7, 11) is 0. The third-order valence-corrected chi connectivity index (χ3v) is 4.43. The van der Waals surface area contributed by atoms with E-state index in [1.807, 2.05) is 4.90 Å². The summed E-state index contributed by atoms with van der Waals surface area (Å²) in [6.45, 7) is 1.38. The molecule has 0 saturated carbocycles. The van der Waals surface area contributed by atoms with E-state index < -0.39 is 0 Å². The summed E-state index contributed by atoms with van der Waals surface area (Å²) in [4.78, 5) is 36.7. The zero-order chi connectivity index (χ0) is 13.4. The predicted molar refractivity (Wildman–Crippen MR) is 67.0 cm³/mol. The molecule has 2 N–H and O–H groups in total. The second-order valence-corrected chi connectivity index (χ2v) is 5.70. The largest absolute Gasteiger partial charge is 0.353 e. The highest BCUT2D eigenvalue weighted by atomic mass is 16.2. The van der Waals surface area contributed by atoms with Crippen LogP contribution in [-0.4, -0.2) is 47.8 Å². The number of likely N-dealkylation sites (tertiary alicyclic amines) is 1. The lowest BCUT2D eigenvalue weighted by atomic mass is 9.85. The van der Waals surface area contributed by atoms with Crippen molar-refractivity contribution in [2.45, 2.75) is 44.2 Å². The van der Waals surface area contributed by atoms with Crippen LogP contribution in [0.2, 0.25) is 0 Å². The van der Waals surface area contributed by atoms with Crippen LogP contribution in [0.1, 0.15) is 32.1 Å². The van der Waals surface area contributed by atoms with Gasteiger partial charge in [-0.2, -0.15) is 0 Å². The summed E-state index contributed by atoms with van der Waals surface area (Å²) >= 11 is 0. The molecule has 3 atom stereocenters. The van der Waals surface area contributed by atoms with Crippen molar-refractivity contribution in [1.29, 1.82) is 0 Å². The minimum Gasteiger partial charge on any atom is -0.353 e. The van der Waals surface area contributed by atoms with Crippen molar-refractivity contribution in [2.75, 3.05) is 13.1 Å². The van der Waals surface area contributed by atoms with E-state index in [1.165, 1.54) is 0 Å². The van der Waals surface area contributed by atoms with E-state index in [9.17, 15) is 14.4 Å². The first kappa shape index (κ1) is 12.4. The summed E-state index contributed by atoms with van der Waals surface area (Å²) in [6.07, 6.45) is 3.30. The molecule has 19 heavy (non-hydrogen) atoms. The molecule has 3 aliphatic heterocycles.